The second-order valence-electron chi connectivity index (χ2n) is 11.9. The highest BCUT2D eigenvalue weighted by molar-refractivity contribution is 6.06. The van der Waals surface area contributed by atoms with E-state index in [0.29, 0.717) is 35.3 Å². The number of benzene rings is 1. The van der Waals surface area contributed by atoms with Gasteiger partial charge in [0.25, 0.3) is 5.91 Å². The molecule has 7 heteroatoms. The molecule has 0 N–H and O–H groups in total. The van der Waals surface area contributed by atoms with E-state index in [-0.39, 0.29) is 17.1 Å². The molecule has 1 saturated heterocycles. The number of likely N-dealkylation sites (N-methyl/N-ethyl adjacent to an activating group) is 1. The molecule has 2 aromatic heterocycles. The summed E-state index contributed by atoms with van der Waals surface area (Å²) in [4.78, 5) is 40.7. The highest BCUT2D eigenvalue weighted by Crippen LogP contribution is 2.62. The van der Waals surface area contributed by atoms with Crippen LogP contribution >= 0.6 is 0 Å². The van der Waals surface area contributed by atoms with Crippen LogP contribution in [0.4, 0.5) is 0 Å². The summed E-state index contributed by atoms with van der Waals surface area (Å²) in [6.45, 7) is 5.28. The van der Waals surface area contributed by atoms with Crippen LogP contribution in [-0.2, 0) is 10.3 Å². The van der Waals surface area contributed by atoms with Crippen molar-refractivity contribution < 1.29 is 9.59 Å². The quantitative estimate of drug-likeness (QED) is 0.322. The van der Waals surface area contributed by atoms with Crippen LogP contribution < -0.4 is 0 Å². The minimum absolute atomic E-state index is 0.0782. The van der Waals surface area contributed by atoms with Crippen LogP contribution in [0.3, 0.4) is 0 Å². The second kappa shape index (κ2) is 9.71. The molecular weight excluding hydrogens is 498 g/mol. The Morgan fingerprint density at radius 2 is 1.60 bits per heavy atom. The third kappa shape index (κ3) is 3.85. The van der Waals surface area contributed by atoms with Gasteiger partial charge in [-0.15, -0.1) is 0 Å². The van der Waals surface area contributed by atoms with Crippen molar-refractivity contribution in [2.24, 2.45) is 23.2 Å². The Morgan fingerprint density at radius 3 is 2.12 bits per heavy atom. The van der Waals surface area contributed by atoms with Crippen molar-refractivity contribution in [3.8, 4) is 6.07 Å². The van der Waals surface area contributed by atoms with E-state index in [9.17, 15) is 14.9 Å². The molecule has 3 heterocycles. The Balaban J connectivity index is 1.48. The average molecular weight is 532 g/mol. The van der Waals surface area contributed by atoms with Gasteiger partial charge in [0.05, 0.1) is 11.6 Å². The van der Waals surface area contributed by atoms with Gasteiger partial charge in [-0.1, -0.05) is 13.8 Å². The number of nitrogens with zero attached hydrogens (tertiary/aromatic N) is 5. The summed E-state index contributed by atoms with van der Waals surface area (Å²) in [6, 6.07) is 16.2. The van der Waals surface area contributed by atoms with Gasteiger partial charge in [-0.2, -0.15) is 5.26 Å². The van der Waals surface area contributed by atoms with Crippen LogP contribution in [0.25, 0.3) is 0 Å². The van der Waals surface area contributed by atoms with Crippen molar-refractivity contribution in [2.45, 2.75) is 38.6 Å². The Morgan fingerprint density at radius 1 is 1.00 bits per heavy atom. The molecule has 3 atom stereocenters. The van der Waals surface area contributed by atoms with E-state index >= 15 is 0 Å². The molecule has 3 unspecified atom stereocenters. The topological polar surface area (TPSA) is 90.2 Å². The lowest BCUT2D eigenvalue weighted by molar-refractivity contribution is -0.137. The van der Waals surface area contributed by atoms with Gasteiger partial charge in [-0.05, 0) is 102 Å². The molecule has 202 valence electrons. The number of allylic oxidation sites excluding steroid dienone is 1. The highest BCUT2D eigenvalue weighted by Gasteiger charge is 2.59. The van der Waals surface area contributed by atoms with Gasteiger partial charge < -0.3 is 4.90 Å². The first-order valence-corrected chi connectivity index (χ1v) is 13.9. The molecule has 1 aromatic carbocycles. The van der Waals surface area contributed by atoms with E-state index < -0.39 is 5.54 Å². The van der Waals surface area contributed by atoms with Gasteiger partial charge in [-0.3, -0.25) is 24.5 Å². The number of rotatable bonds is 6. The Hall–Kier alpha value is -4.31. The van der Waals surface area contributed by atoms with Gasteiger partial charge >= 0.3 is 0 Å². The SMILES string of the molecule is CN1C(=CC(=O)c2ccc(C#N)cc2)N(CC2CCC3CC2C3(C)C)C(=O)C1(c1ccncc1)c1ccncc1. The summed E-state index contributed by atoms with van der Waals surface area (Å²) in [5, 5.41) is 9.18. The number of carbonyl (C=O) groups is 2. The molecule has 3 aliphatic carbocycles. The molecule has 0 radical (unpaired) electrons. The van der Waals surface area contributed by atoms with Crippen molar-refractivity contribution in [3.05, 3.63) is 107 Å². The number of aromatic nitrogens is 2. The zero-order valence-electron chi connectivity index (χ0n) is 23.1. The van der Waals surface area contributed by atoms with Crippen LogP contribution in [0.1, 0.15) is 60.2 Å². The maximum Gasteiger partial charge on any atom is 0.263 e. The van der Waals surface area contributed by atoms with Crippen molar-refractivity contribution >= 4 is 11.7 Å². The second-order valence-corrected chi connectivity index (χ2v) is 11.9. The number of fused-ring (bicyclic) bond motifs is 2. The predicted molar refractivity (Wildman–Crippen MR) is 150 cm³/mol. The monoisotopic (exact) mass is 531 g/mol. The number of nitriles is 1. The van der Waals surface area contributed by atoms with Crippen LogP contribution in [0.15, 0.2) is 85.2 Å². The first-order valence-electron chi connectivity index (χ1n) is 13.9. The van der Waals surface area contributed by atoms with Gasteiger partial charge in [0, 0.05) is 50.0 Å². The molecule has 1 amide bonds. The predicted octanol–water partition coefficient (Wildman–Crippen LogP) is 5.16. The smallest absolute Gasteiger partial charge is 0.263 e. The first-order chi connectivity index (χ1) is 19.3. The number of ketones is 1. The molecule has 3 aromatic rings. The summed E-state index contributed by atoms with van der Waals surface area (Å²) in [5.41, 5.74) is 1.63. The molecule has 4 aliphatic rings. The standard InChI is InChI=1S/C33H33N5O2/c1-32(2)27-9-8-24(28(32)18-27)21-38-30(19-29(39)23-6-4-22(20-34)5-7-23)37(3)33(31(38)40,25-10-14-35-15-11-25)26-12-16-36-17-13-26/h4-7,10-17,19,24,27-28H,8-9,18,21H2,1-3H3. The zero-order valence-corrected chi connectivity index (χ0v) is 23.1. The van der Waals surface area contributed by atoms with Crippen molar-refractivity contribution in [1.82, 2.24) is 19.8 Å². The maximum absolute atomic E-state index is 14.9. The van der Waals surface area contributed by atoms with Crippen LogP contribution in [0.2, 0.25) is 0 Å². The lowest BCUT2D eigenvalue weighted by Gasteiger charge is -2.60. The molecule has 4 fully saturated rings. The van der Waals surface area contributed by atoms with Gasteiger partial charge in [0.1, 0.15) is 5.82 Å². The average Bonchev–Trinajstić information content (AvgIpc) is 3.19. The minimum atomic E-state index is -1.17. The van der Waals surface area contributed by atoms with E-state index in [1.165, 1.54) is 12.8 Å². The number of carbonyl (C=O) groups excluding carboxylic acids is 2. The van der Waals surface area contributed by atoms with E-state index in [0.717, 1.165) is 23.5 Å². The number of hydrogen-bond acceptors (Lipinski definition) is 6. The summed E-state index contributed by atoms with van der Waals surface area (Å²) < 4.78 is 0. The first kappa shape index (κ1) is 25.9. The maximum atomic E-state index is 14.9. The van der Waals surface area contributed by atoms with Gasteiger partial charge in [0.15, 0.2) is 11.3 Å². The summed E-state index contributed by atoms with van der Waals surface area (Å²) in [7, 11) is 1.89. The molecular formula is C33H33N5O2. The molecule has 7 nitrogen and oxygen atoms in total. The van der Waals surface area contributed by atoms with Crippen molar-refractivity contribution in [3.63, 3.8) is 0 Å². The van der Waals surface area contributed by atoms with E-state index in [1.807, 2.05) is 41.1 Å². The largest absolute Gasteiger partial charge is 0.339 e. The fourth-order valence-corrected chi connectivity index (χ4v) is 7.46. The summed E-state index contributed by atoms with van der Waals surface area (Å²) in [5.74, 6) is 1.95. The van der Waals surface area contributed by atoms with Crippen LogP contribution in [0, 0.1) is 34.5 Å². The third-order valence-electron chi connectivity index (χ3n) is 9.85. The van der Waals surface area contributed by atoms with E-state index in [2.05, 4.69) is 29.9 Å². The highest BCUT2D eigenvalue weighted by atomic mass is 16.2. The molecule has 1 aliphatic heterocycles. The van der Waals surface area contributed by atoms with Crippen molar-refractivity contribution in [1.29, 1.82) is 5.26 Å². The van der Waals surface area contributed by atoms with Crippen LogP contribution in [0.5, 0.6) is 0 Å². The fraction of sp³-hybridized carbons (Fsp3) is 0.364. The minimum Gasteiger partial charge on any atom is -0.339 e. The van der Waals surface area contributed by atoms with E-state index in [4.69, 9.17) is 0 Å². The molecule has 0 spiro atoms. The number of pyridine rings is 2. The fourth-order valence-electron chi connectivity index (χ4n) is 7.46. The lowest BCUT2D eigenvalue weighted by Crippen LogP contribution is -2.55. The lowest BCUT2D eigenvalue weighted by atomic mass is 9.45. The summed E-state index contributed by atoms with van der Waals surface area (Å²) in [6.07, 6.45) is 11.9. The summed E-state index contributed by atoms with van der Waals surface area (Å²) >= 11 is 0. The Labute approximate surface area is 235 Å². The van der Waals surface area contributed by atoms with Gasteiger partial charge in [0.2, 0.25) is 0 Å². The molecule has 2 bridgehead atoms. The van der Waals surface area contributed by atoms with Gasteiger partial charge in [-0.25, -0.2) is 0 Å². The molecule has 40 heavy (non-hydrogen) atoms. The normalized spacial score (nSPS) is 25.4. The third-order valence-corrected chi connectivity index (χ3v) is 9.85. The Bertz CT molecular complexity index is 1470. The van der Waals surface area contributed by atoms with E-state index in [1.54, 1.807) is 55.1 Å². The Kier molecular flexibility index (Phi) is 6.29. The molecule has 7 rings (SSSR count). The number of amides is 1. The van der Waals surface area contributed by atoms with Crippen molar-refractivity contribution in [2.75, 3.05) is 13.6 Å². The zero-order chi connectivity index (χ0) is 28.1. The number of hydrogen-bond donors (Lipinski definition) is 0. The van der Waals surface area contributed by atoms with Crippen LogP contribution in [-0.4, -0.2) is 45.1 Å². The molecule has 3 saturated carbocycles.